The number of rotatable bonds is 15. The Morgan fingerprint density at radius 3 is 2.47 bits per heavy atom. The summed E-state index contributed by atoms with van der Waals surface area (Å²) in [5.41, 5.74) is 1.91. The second kappa shape index (κ2) is 14.3. The van der Waals surface area contributed by atoms with Gasteiger partial charge >= 0.3 is 0 Å². The molecule has 2 aromatic rings. The van der Waals surface area contributed by atoms with Crippen LogP contribution in [0.4, 0.5) is 0 Å². The number of amides is 1. The van der Waals surface area contributed by atoms with Crippen LogP contribution in [0.1, 0.15) is 24.5 Å². The van der Waals surface area contributed by atoms with Crippen molar-refractivity contribution in [2.24, 2.45) is 0 Å². The molecule has 1 unspecified atom stereocenters. The van der Waals surface area contributed by atoms with Crippen molar-refractivity contribution in [2.45, 2.75) is 37.4 Å². The lowest BCUT2D eigenvalue weighted by Gasteiger charge is -2.18. The summed E-state index contributed by atoms with van der Waals surface area (Å²) in [5, 5.41) is 2.86. The number of ether oxygens (including phenoxy) is 2. The maximum Gasteiger partial charge on any atom is 0.241 e. The molecule has 0 spiro atoms. The van der Waals surface area contributed by atoms with Gasteiger partial charge in [0.1, 0.15) is 6.04 Å². The highest BCUT2D eigenvalue weighted by Crippen LogP contribution is 2.11. The Hall–Kier alpha value is -1.91. The number of nitrogens with one attached hydrogen (secondary N) is 2. The van der Waals surface area contributed by atoms with E-state index < -0.39 is 16.1 Å². The van der Waals surface area contributed by atoms with Crippen LogP contribution in [0.15, 0.2) is 59.5 Å². The summed E-state index contributed by atoms with van der Waals surface area (Å²) >= 11 is 1.56. The van der Waals surface area contributed by atoms with Gasteiger partial charge in [0.25, 0.3) is 0 Å². The highest BCUT2D eigenvalue weighted by molar-refractivity contribution is 7.98. The molecule has 0 bridgehead atoms. The van der Waals surface area contributed by atoms with Crippen LogP contribution in [0.3, 0.4) is 0 Å². The van der Waals surface area contributed by atoms with Crippen molar-refractivity contribution in [1.82, 2.24) is 10.0 Å². The van der Waals surface area contributed by atoms with Gasteiger partial charge in [-0.1, -0.05) is 42.5 Å². The largest absolute Gasteiger partial charge is 0.379 e. The van der Waals surface area contributed by atoms with Crippen molar-refractivity contribution in [3.63, 3.8) is 0 Å². The van der Waals surface area contributed by atoms with Gasteiger partial charge in [0.05, 0.1) is 24.7 Å². The summed E-state index contributed by atoms with van der Waals surface area (Å²) in [4.78, 5) is 12.9. The Morgan fingerprint density at radius 1 is 1.03 bits per heavy atom. The molecule has 2 rings (SSSR count). The maximum absolute atomic E-state index is 12.8. The number of hydrogen-bond donors (Lipinski definition) is 2. The van der Waals surface area contributed by atoms with Crippen molar-refractivity contribution in [3.05, 3.63) is 65.7 Å². The molecule has 176 valence electrons. The minimum absolute atomic E-state index is 0.138. The maximum atomic E-state index is 12.8. The third-order valence-electron chi connectivity index (χ3n) is 4.58. The number of hydrogen-bond acceptors (Lipinski definition) is 6. The van der Waals surface area contributed by atoms with Gasteiger partial charge in [-0.3, -0.25) is 4.79 Å². The molecular formula is C23H32N2O5S2. The highest BCUT2D eigenvalue weighted by Gasteiger charge is 2.25. The lowest BCUT2D eigenvalue weighted by Crippen LogP contribution is -2.46. The molecule has 0 aliphatic carbocycles. The first-order chi connectivity index (χ1) is 15.5. The zero-order valence-electron chi connectivity index (χ0n) is 18.6. The van der Waals surface area contributed by atoms with Gasteiger partial charge in [0.2, 0.25) is 15.9 Å². The SMILES string of the molecule is CCOCCOCc1cccc(CNC(=O)C(CCSC)NS(=O)(=O)c2ccccc2)c1. The van der Waals surface area contributed by atoms with Crippen molar-refractivity contribution < 1.29 is 22.7 Å². The van der Waals surface area contributed by atoms with E-state index in [4.69, 9.17) is 9.47 Å². The van der Waals surface area contributed by atoms with Crippen LogP contribution < -0.4 is 10.0 Å². The number of benzene rings is 2. The smallest absolute Gasteiger partial charge is 0.241 e. The predicted molar refractivity (Wildman–Crippen MR) is 128 cm³/mol. The zero-order chi connectivity index (χ0) is 23.2. The number of sulfonamides is 1. The fourth-order valence-corrected chi connectivity index (χ4v) is 4.65. The van der Waals surface area contributed by atoms with Crippen LogP contribution in [0.5, 0.6) is 0 Å². The molecular weight excluding hydrogens is 448 g/mol. The summed E-state index contributed by atoms with van der Waals surface area (Å²) < 4.78 is 38.7. The lowest BCUT2D eigenvalue weighted by atomic mass is 10.1. The summed E-state index contributed by atoms with van der Waals surface area (Å²) in [6.07, 6.45) is 2.31. The van der Waals surface area contributed by atoms with E-state index in [2.05, 4.69) is 10.0 Å². The fourth-order valence-electron chi connectivity index (χ4n) is 2.93. The second-order valence-electron chi connectivity index (χ2n) is 7.06. The van der Waals surface area contributed by atoms with Gasteiger partial charge in [0, 0.05) is 13.2 Å². The second-order valence-corrected chi connectivity index (χ2v) is 9.76. The molecule has 0 aliphatic rings. The highest BCUT2D eigenvalue weighted by atomic mass is 32.2. The average molecular weight is 481 g/mol. The lowest BCUT2D eigenvalue weighted by molar-refractivity contribution is -0.122. The molecule has 2 aromatic carbocycles. The van der Waals surface area contributed by atoms with Crippen LogP contribution in [0.25, 0.3) is 0 Å². The van der Waals surface area contributed by atoms with Crippen LogP contribution in [-0.2, 0) is 37.4 Å². The Balaban J connectivity index is 1.94. The van der Waals surface area contributed by atoms with Gasteiger partial charge in [-0.25, -0.2) is 8.42 Å². The molecule has 0 aromatic heterocycles. The molecule has 0 heterocycles. The molecule has 0 fully saturated rings. The van der Waals surface area contributed by atoms with E-state index in [1.165, 1.54) is 12.1 Å². The van der Waals surface area contributed by atoms with E-state index in [1.54, 1.807) is 30.0 Å². The van der Waals surface area contributed by atoms with E-state index in [0.717, 1.165) is 11.1 Å². The molecule has 9 heteroatoms. The third-order valence-corrected chi connectivity index (χ3v) is 6.71. The topological polar surface area (TPSA) is 93.7 Å². The van der Waals surface area contributed by atoms with E-state index in [-0.39, 0.29) is 10.8 Å². The quantitative estimate of drug-likeness (QED) is 0.381. The van der Waals surface area contributed by atoms with Gasteiger partial charge in [-0.05, 0) is 48.6 Å². The summed E-state index contributed by atoms with van der Waals surface area (Å²) in [7, 11) is -3.79. The zero-order valence-corrected chi connectivity index (χ0v) is 20.2. The van der Waals surface area contributed by atoms with Gasteiger partial charge in [-0.2, -0.15) is 16.5 Å². The fraction of sp³-hybridized carbons (Fsp3) is 0.435. The van der Waals surface area contributed by atoms with Crippen LogP contribution >= 0.6 is 11.8 Å². The molecule has 0 radical (unpaired) electrons. The first-order valence-electron chi connectivity index (χ1n) is 10.5. The van der Waals surface area contributed by atoms with Crippen molar-refractivity contribution in [2.75, 3.05) is 31.8 Å². The van der Waals surface area contributed by atoms with E-state index in [0.29, 0.717) is 45.1 Å². The molecule has 1 atom stereocenters. The Bertz CT molecular complexity index is 923. The normalized spacial score (nSPS) is 12.4. The van der Waals surface area contributed by atoms with Crippen LogP contribution in [0, 0.1) is 0 Å². The van der Waals surface area contributed by atoms with Crippen molar-refractivity contribution in [3.8, 4) is 0 Å². The number of carbonyl (C=O) groups is 1. The van der Waals surface area contributed by atoms with Gasteiger partial charge in [0.15, 0.2) is 0 Å². The third kappa shape index (κ3) is 9.30. The molecule has 7 nitrogen and oxygen atoms in total. The molecule has 0 aliphatic heterocycles. The number of thioether (sulfide) groups is 1. The standard InChI is InChI=1S/C23H32N2O5S2/c1-3-29-13-14-30-18-20-9-7-8-19(16-20)17-24-23(26)22(12-15-31-2)25-32(27,28)21-10-5-4-6-11-21/h4-11,16,22,25H,3,12-15,17-18H2,1-2H3,(H,24,26). The molecule has 0 saturated heterocycles. The average Bonchev–Trinajstić information content (AvgIpc) is 2.81. The summed E-state index contributed by atoms with van der Waals surface area (Å²) in [6, 6.07) is 15.0. The van der Waals surface area contributed by atoms with Crippen LogP contribution in [0.2, 0.25) is 0 Å². The Labute approximate surface area is 195 Å². The van der Waals surface area contributed by atoms with Crippen LogP contribution in [-0.4, -0.2) is 52.2 Å². The Morgan fingerprint density at radius 2 is 1.75 bits per heavy atom. The molecule has 32 heavy (non-hydrogen) atoms. The molecule has 2 N–H and O–H groups in total. The molecule has 1 amide bonds. The van der Waals surface area contributed by atoms with E-state index in [1.807, 2.05) is 37.4 Å². The number of carbonyl (C=O) groups excluding carboxylic acids is 1. The van der Waals surface area contributed by atoms with E-state index in [9.17, 15) is 13.2 Å². The summed E-state index contributed by atoms with van der Waals surface area (Å²) in [5.74, 6) is 0.307. The predicted octanol–water partition coefficient (Wildman–Crippen LogP) is 2.96. The summed E-state index contributed by atoms with van der Waals surface area (Å²) in [6.45, 7) is 4.45. The Kier molecular flexibility index (Phi) is 11.8. The first-order valence-corrected chi connectivity index (χ1v) is 13.4. The monoisotopic (exact) mass is 480 g/mol. The van der Waals surface area contributed by atoms with Crippen molar-refractivity contribution >= 4 is 27.7 Å². The minimum Gasteiger partial charge on any atom is -0.379 e. The van der Waals surface area contributed by atoms with Gasteiger partial charge in [-0.15, -0.1) is 0 Å². The minimum atomic E-state index is -3.79. The van der Waals surface area contributed by atoms with Crippen molar-refractivity contribution in [1.29, 1.82) is 0 Å². The van der Waals surface area contributed by atoms with Gasteiger partial charge < -0.3 is 14.8 Å². The first kappa shape index (κ1) is 26.3. The van der Waals surface area contributed by atoms with E-state index >= 15 is 0 Å². The molecule has 0 saturated carbocycles.